The average Bonchev–Trinajstić information content (AvgIpc) is 3.19. The van der Waals surface area contributed by atoms with Crippen molar-refractivity contribution < 1.29 is 22.7 Å². The normalized spacial score (nSPS) is 15.9. The summed E-state index contributed by atoms with van der Waals surface area (Å²) < 4.78 is 41.4. The predicted molar refractivity (Wildman–Crippen MR) is 155 cm³/mol. The minimum absolute atomic E-state index is 0.0814. The number of hydrogen-bond acceptors (Lipinski definition) is 6. The van der Waals surface area contributed by atoms with Crippen LogP contribution in [-0.2, 0) is 21.2 Å². The first kappa shape index (κ1) is 29.5. The molecule has 2 aromatic carbocycles. The summed E-state index contributed by atoms with van der Waals surface area (Å²) in [7, 11) is -2.41. The van der Waals surface area contributed by atoms with Gasteiger partial charge in [-0.25, -0.2) is 0 Å². The maximum Gasteiger partial charge on any atom is 0.284 e. The lowest BCUT2D eigenvalue weighted by molar-refractivity contribution is -0.121. The van der Waals surface area contributed by atoms with Crippen LogP contribution in [0.2, 0.25) is 0 Å². The van der Waals surface area contributed by atoms with E-state index in [2.05, 4.69) is 17.9 Å². The molecule has 0 aromatic heterocycles. The Morgan fingerprint density at radius 2 is 1.76 bits per heavy atom. The van der Waals surface area contributed by atoms with Gasteiger partial charge in [0.25, 0.3) is 15.9 Å². The van der Waals surface area contributed by atoms with E-state index in [9.17, 15) is 13.2 Å². The first-order valence-electron chi connectivity index (χ1n) is 12.9. The highest BCUT2D eigenvalue weighted by Crippen LogP contribution is 2.35. The second-order valence-corrected chi connectivity index (χ2v) is 11.4. The van der Waals surface area contributed by atoms with Crippen LogP contribution in [-0.4, -0.2) is 44.7 Å². The maximum atomic E-state index is 13.2. The number of aryl methyl sites for hydroxylation is 1. The molecular formula is C29H36N2O5S2. The smallest absolute Gasteiger partial charge is 0.284 e. The molecule has 1 aliphatic heterocycles. The molecule has 0 atom stereocenters. The molecule has 0 radical (unpaired) electrons. The van der Waals surface area contributed by atoms with E-state index in [1.165, 1.54) is 36.3 Å². The number of unbranched alkanes of at least 4 members (excludes halogenated alkanes) is 4. The molecule has 1 heterocycles. The van der Waals surface area contributed by atoms with Crippen LogP contribution < -0.4 is 9.47 Å². The number of hydrogen-bond donors (Lipinski definition) is 0. The van der Waals surface area contributed by atoms with Gasteiger partial charge in [-0.05, 0) is 66.1 Å². The monoisotopic (exact) mass is 556 g/mol. The molecule has 1 amide bonds. The van der Waals surface area contributed by atoms with E-state index in [1.807, 2.05) is 19.1 Å². The Hall–Kier alpha value is -3.04. The first-order valence-corrected chi connectivity index (χ1v) is 15.2. The molecule has 0 saturated carbocycles. The minimum Gasteiger partial charge on any atom is -0.493 e. The number of amidine groups is 1. The highest BCUT2D eigenvalue weighted by Gasteiger charge is 2.34. The average molecular weight is 557 g/mol. The topological polar surface area (TPSA) is 85.3 Å². The van der Waals surface area contributed by atoms with Gasteiger partial charge < -0.3 is 9.47 Å². The van der Waals surface area contributed by atoms with Gasteiger partial charge in [0, 0.05) is 6.54 Å². The van der Waals surface area contributed by atoms with Crippen molar-refractivity contribution in [2.24, 2.45) is 4.40 Å². The summed E-state index contributed by atoms with van der Waals surface area (Å²) in [6.07, 6.45) is 9.72. The molecule has 1 fully saturated rings. The quantitative estimate of drug-likeness (QED) is 0.151. The van der Waals surface area contributed by atoms with E-state index in [-0.39, 0.29) is 22.5 Å². The Kier molecular flexibility index (Phi) is 11.0. The summed E-state index contributed by atoms with van der Waals surface area (Å²) in [4.78, 5) is 14.9. The van der Waals surface area contributed by atoms with Crippen molar-refractivity contribution in [3.63, 3.8) is 0 Å². The van der Waals surface area contributed by atoms with E-state index < -0.39 is 10.0 Å². The number of thioether (sulfide) groups is 1. The van der Waals surface area contributed by atoms with Crippen molar-refractivity contribution in [2.75, 3.05) is 20.3 Å². The molecule has 0 bridgehead atoms. The highest BCUT2D eigenvalue weighted by atomic mass is 32.2. The molecule has 204 valence electrons. The lowest BCUT2D eigenvalue weighted by atomic mass is 10.1. The molecule has 1 saturated heterocycles. The largest absolute Gasteiger partial charge is 0.493 e. The fraction of sp³-hybridized carbons (Fsp3) is 0.379. The van der Waals surface area contributed by atoms with Gasteiger partial charge in [0.2, 0.25) is 0 Å². The summed E-state index contributed by atoms with van der Waals surface area (Å²) in [5.41, 5.74) is 1.76. The van der Waals surface area contributed by atoms with Crippen molar-refractivity contribution >= 4 is 38.9 Å². The van der Waals surface area contributed by atoms with Crippen LogP contribution in [0.1, 0.15) is 57.1 Å². The number of carbonyl (C=O) groups is 1. The standard InChI is InChI=1S/C29H36N2O5S2/c1-5-8-9-10-11-19-36-26-20-23(14-17-25(26)35-4)21-27-28(32)31(18-6-2)29(37-27)30-38(33,34)24-15-12-22(7-3)13-16-24/h6,12-17,20-21H,2,5,7-11,18-19H2,1,3-4H3/b27-21-,30-29+. The number of ether oxygens (including phenoxy) is 2. The fourth-order valence-corrected chi connectivity index (χ4v) is 6.04. The Morgan fingerprint density at radius 3 is 2.42 bits per heavy atom. The molecule has 0 spiro atoms. The third-order valence-electron chi connectivity index (χ3n) is 6.02. The lowest BCUT2D eigenvalue weighted by Gasteiger charge is -2.12. The second-order valence-electron chi connectivity index (χ2n) is 8.83. The summed E-state index contributed by atoms with van der Waals surface area (Å²) in [6.45, 7) is 8.60. The van der Waals surface area contributed by atoms with E-state index in [1.54, 1.807) is 37.5 Å². The van der Waals surface area contributed by atoms with Gasteiger partial charge >= 0.3 is 0 Å². The number of carbonyl (C=O) groups excluding carboxylic acids is 1. The van der Waals surface area contributed by atoms with Crippen LogP contribution in [0.4, 0.5) is 0 Å². The summed E-state index contributed by atoms with van der Waals surface area (Å²) in [5.74, 6) is 0.879. The number of nitrogens with zero attached hydrogens (tertiary/aromatic N) is 2. The number of sulfonamides is 1. The molecule has 0 aliphatic carbocycles. The number of methoxy groups -OCH3 is 1. The molecule has 2 aromatic rings. The highest BCUT2D eigenvalue weighted by molar-refractivity contribution is 8.19. The lowest BCUT2D eigenvalue weighted by Crippen LogP contribution is -2.29. The summed E-state index contributed by atoms with van der Waals surface area (Å²) >= 11 is 1.02. The van der Waals surface area contributed by atoms with E-state index in [0.29, 0.717) is 23.0 Å². The SMILES string of the molecule is C=CCN1C(=O)/C(=C/c2ccc(OC)c(OCCCCCCC)c2)S/C1=N/S(=O)(=O)c1ccc(CC)cc1. The van der Waals surface area contributed by atoms with E-state index in [0.717, 1.165) is 42.2 Å². The van der Waals surface area contributed by atoms with Crippen molar-refractivity contribution in [1.29, 1.82) is 0 Å². The first-order chi connectivity index (χ1) is 18.3. The molecule has 38 heavy (non-hydrogen) atoms. The fourth-order valence-electron chi connectivity index (χ4n) is 3.85. The third-order valence-corrected chi connectivity index (χ3v) is 8.42. The molecular weight excluding hydrogens is 520 g/mol. The van der Waals surface area contributed by atoms with Crippen LogP contribution in [0.5, 0.6) is 11.5 Å². The van der Waals surface area contributed by atoms with E-state index >= 15 is 0 Å². The van der Waals surface area contributed by atoms with Crippen LogP contribution >= 0.6 is 11.8 Å². The molecule has 0 unspecified atom stereocenters. The Bertz CT molecular complexity index is 1280. The Labute approximate surface area is 230 Å². The van der Waals surface area contributed by atoms with Crippen molar-refractivity contribution in [3.8, 4) is 11.5 Å². The summed E-state index contributed by atoms with van der Waals surface area (Å²) in [6, 6.07) is 12.1. The zero-order chi connectivity index (χ0) is 27.5. The van der Waals surface area contributed by atoms with Crippen molar-refractivity contribution in [3.05, 3.63) is 71.2 Å². The Balaban J connectivity index is 1.84. The van der Waals surface area contributed by atoms with Crippen molar-refractivity contribution in [1.82, 2.24) is 4.90 Å². The number of rotatable bonds is 14. The van der Waals surface area contributed by atoms with Crippen LogP contribution in [0, 0.1) is 0 Å². The molecule has 3 rings (SSSR count). The molecule has 7 nitrogen and oxygen atoms in total. The molecule has 0 N–H and O–H groups in total. The van der Waals surface area contributed by atoms with E-state index in [4.69, 9.17) is 9.47 Å². The van der Waals surface area contributed by atoms with Gasteiger partial charge in [-0.3, -0.25) is 9.69 Å². The van der Waals surface area contributed by atoms with Gasteiger partial charge in [-0.15, -0.1) is 11.0 Å². The van der Waals surface area contributed by atoms with Gasteiger partial charge in [-0.2, -0.15) is 8.42 Å². The zero-order valence-corrected chi connectivity index (χ0v) is 23.9. The van der Waals surface area contributed by atoms with Gasteiger partial charge in [0.15, 0.2) is 16.7 Å². The van der Waals surface area contributed by atoms with Gasteiger partial charge in [0.05, 0.1) is 23.5 Å². The second kappa shape index (κ2) is 14.2. The maximum absolute atomic E-state index is 13.2. The van der Waals surface area contributed by atoms with Crippen molar-refractivity contribution in [2.45, 2.75) is 57.3 Å². The third kappa shape index (κ3) is 7.74. The minimum atomic E-state index is -4.00. The van der Waals surface area contributed by atoms with Crippen LogP contribution in [0.15, 0.2) is 69.3 Å². The Morgan fingerprint density at radius 1 is 1.03 bits per heavy atom. The molecule has 1 aliphatic rings. The number of benzene rings is 2. The predicted octanol–water partition coefficient (Wildman–Crippen LogP) is 6.45. The number of amides is 1. The van der Waals surface area contributed by atoms with Gasteiger partial charge in [0.1, 0.15) is 0 Å². The molecule has 9 heteroatoms. The van der Waals surface area contributed by atoms with Crippen LogP contribution in [0.3, 0.4) is 0 Å². The zero-order valence-electron chi connectivity index (χ0n) is 22.3. The summed E-state index contributed by atoms with van der Waals surface area (Å²) in [5, 5.41) is 0.0952. The van der Waals surface area contributed by atoms with Crippen LogP contribution in [0.25, 0.3) is 6.08 Å². The van der Waals surface area contributed by atoms with Gasteiger partial charge in [-0.1, -0.05) is 63.8 Å².